The largest absolute Gasteiger partial charge is 0.495 e. The molecule has 0 aliphatic rings. The lowest BCUT2D eigenvalue weighted by Crippen LogP contribution is -2.03. The van der Waals surface area contributed by atoms with Crippen LogP contribution in [0.25, 0.3) is 11.1 Å². The van der Waals surface area contributed by atoms with Crippen LogP contribution >= 0.6 is 11.6 Å². The number of nitrogens with zero attached hydrogens (tertiary/aromatic N) is 2. The minimum Gasteiger partial charge on any atom is -0.495 e. The summed E-state index contributed by atoms with van der Waals surface area (Å²) in [6.07, 6.45) is 1.72. The third kappa shape index (κ3) is 3.88. The number of oxazole rings is 1. The number of hydrogen-bond donors (Lipinski definition) is 3. The maximum absolute atomic E-state index is 11.3. The summed E-state index contributed by atoms with van der Waals surface area (Å²) >= 11 is 6.26. The first-order chi connectivity index (χ1) is 13.9. The third-order valence-corrected chi connectivity index (χ3v) is 4.62. The number of aromatic nitrogens is 3. The molecule has 0 bridgehead atoms. The zero-order valence-corrected chi connectivity index (χ0v) is 16.7. The molecule has 8 nitrogen and oxygen atoms in total. The summed E-state index contributed by atoms with van der Waals surface area (Å²) < 4.78 is 10.3. The second-order valence-electron chi connectivity index (χ2n) is 6.51. The van der Waals surface area contributed by atoms with Crippen molar-refractivity contribution in [1.82, 2.24) is 15.0 Å². The summed E-state index contributed by atoms with van der Waals surface area (Å²) in [6.45, 7) is 3.81. The number of aromatic amines is 1. The van der Waals surface area contributed by atoms with Crippen molar-refractivity contribution in [3.8, 4) is 5.75 Å². The Morgan fingerprint density at radius 2 is 1.93 bits per heavy atom. The predicted octanol–water partition coefficient (Wildman–Crippen LogP) is 4.68. The highest BCUT2D eigenvalue weighted by atomic mass is 35.5. The molecule has 0 aliphatic carbocycles. The number of ether oxygens (including phenoxy) is 1. The van der Waals surface area contributed by atoms with Gasteiger partial charge in [0.05, 0.1) is 17.6 Å². The van der Waals surface area contributed by atoms with E-state index in [-0.39, 0.29) is 0 Å². The predicted molar refractivity (Wildman–Crippen MR) is 113 cm³/mol. The lowest BCUT2D eigenvalue weighted by atomic mass is 10.2. The van der Waals surface area contributed by atoms with Gasteiger partial charge >= 0.3 is 5.76 Å². The molecule has 0 amide bonds. The quantitative estimate of drug-likeness (QED) is 0.438. The van der Waals surface area contributed by atoms with Crippen molar-refractivity contribution in [1.29, 1.82) is 0 Å². The standard InChI is InChI=1S/C20H18ClN5O3/c1-10-6-13(7-14(21)17(10)28-3)24-19-22-9-11(2)18(26-19)23-12-4-5-16-15(8-12)25-20(27)29-16/h4-9H,1-3H3,(H,25,27)(H2,22,23,24,26). The van der Waals surface area contributed by atoms with Gasteiger partial charge in [0, 0.05) is 23.1 Å². The van der Waals surface area contributed by atoms with Gasteiger partial charge in [0.2, 0.25) is 5.95 Å². The monoisotopic (exact) mass is 411 g/mol. The van der Waals surface area contributed by atoms with Crippen LogP contribution in [0, 0.1) is 13.8 Å². The van der Waals surface area contributed by atoms with Crippen molar-refractivity contribution in [3.05, 3.63) is 63.2 Å². The molecule has 0 spiro atoms. The van der Waals surface area contributed by atoms with E-state index >= 15 is 0 Å². The molecule has 4 aromatic rings. The van der Waals surface area contributed by atoms with E-state index in [2.05, 4.69) is 25.6 Å². The molecule has 0 unspecified atom stereocenters. The van der Waals surface area contributed by atoms with Gasteiger partial charge in [-0.2, -0.15) is 4.98 Å². The molecule has 0 aliphatic heterocycles. The summed E-state index contributed by atoms with van der Waals surface area (Å²) in [7, 11) is 1.58. The highest BCUT2D eigenvalue weighted by Gasteiger charge is 2.10. The van der Waals surface area contributed by atoms with Crippen molar-refractivity contribution in [2.24, 2.45) is 0 Å². The van der Waals surface area contributed by atoms with E-state index in [0.29, 0.717) is 33.6 Å². The van der Waals surface area contributed by atoms with Crippen LogP contribution in [0.3, 0.4) is 0 Å². The molecule has 9 heteroatoms. The number of halogens is 1. The van der Waals surface area contributed by atoms with E-state index in [0.717, 1.165) is 22.5 Å². The van der Waals surface area contributed by atoms with E-state index in [4.69, 9.17) is 20.8 Å². The third-order valence-electron chi connectivity index (χ3n) is 4.34. The lowest BCUT2D eigenvalue weighted by molar-refractivity contribution is 0.412. The van der Waals surface area contributed by atoms with Crippen LogP contribution in [0.2, 0.25) is 5.02 Å². The molecule has 4 rings (SSSR count). The van der Waals surface area contributed by atoms with Crippen LogP contribution < -0.4 is 21.1 Å². The summed E-state index contributed by atoms with van der Waals surface area (Å²) in [6, 6.07) is 8.96. The second-order valence-corrected chi connectivity index (χ2v) is 6.92. The van der Waals surface area contributed by atoms with Crippen LogP contribution in [0.1, 0.15) is 11.1 Å². The number of fused-ring (bicyclic) bond motifs is 1. The van der Waals surface area contributed by atoms with Gasteiger partial charge in [0.15, 0.2) is 5.58 Å². The van der Waals surface area contributed by atoms with E-state index < -0.39 is 5.76 Å². The molecule has 0 saturated heterocycles. The van der Waals surface area contributed by atoms with Gasteiger partial charge < -0.3 is 19.8 Å². The Morgan fingerprint density at radius 1 is 1.10 bits per heavy atom. The van der Waals surface area contributed by atoms with Crippen LogP contribution in [0.5, 0.6) is 5.75 Å². The minimum atomic E-state index is -0.490. The zero-order chi connectivity index (χ0) is 20.5. The number of nitrogens with one attached hydrogen (secondary N) is 3. The molecule has 29 heavy (non-hydrogen) atoms. The number of benzene rings is 2. The van der Waals surface area contributed by atoms with E-state index in [1.165, 1.54) is 0 Å². The van der Waals surface area contributed by atoms with Gasteiger partial charge in [-0.25, -0.2) is 9.78 Å². The van der Waals surface area contributed by atoms with Gasteiger partial charge in [0.1, 0.15) is 11.6 Å². The minimum absolute atomic E-state index is 0.413. The van der Waals surface area contributed by atoms with E-state index in [1.54, 1.807) is 37.6 Å². The fourth-order valence-corrected chi connectivity index (χ4v) is 3.33. The fraction of sp³-hybridized carbons (Fsp3) is 0.150. The molecule has 2 aromatic carbocycles. The number of hydrogen-bond acceptors (Lipinski definition) is 7. The highest BCUT2D eigenvalue weighted by Crippen LogP contribution is 2.32. The first-order valence-electron chi connectivity index (χ1n) is 8.77. The lowest BCUT2D eigenvalue weighted by Gasteiger charge is -2.13. The number of methoxy groups -OCH3 is 1. The maximum Gasteiger partial charge on any atom is 0.417 e. The summed E-state index contributed by atoms with van der Waals surface area (Å²) in [5.41, 5.74) is 4.37. The molecular weight excluding hydrogens is 394 g/mol. The molecule has 0 saturated carbocycles. The van der Waals surface area contributed by atoms with Crippen LogP contribution in [0.15, 0.2) is 45.7 Å². The number of rotatable bonds is 5. The van der Waals surface area contributed by atoms with E-state index in [9.17, 15) is 4.79 Å². The van der Waals surface area contributed by atoms with Gasteiger partial charge in [-0.3, -0.25) is 4.98 Å². The summed E-state index contributed by atoms with van der Waals surface area (Å²) in [5, 5.41) is 6.90. The first-order valence-corrected chi connectivity index (χ1v) is 9.15. The van der Waals surface area contributed by atoms with Crippen LogP contribution in [-0.4, -0.2) is 22.1 Å². The average Bonchev–Trinajstić information content (AvgIpc) is 3.03. The van der Waals surface area contributed by atoms with Crippen molar-refractivity contribution in [2.45, 2.75) is 13.8 Å². The summed E-state index contributed by atoms with van der Waals surface area (Å²) in [4.78, 5) is 22.8. The summed E-state index contributed by atoms with van der Waals surface area (Å²) in [5.74, 6) is 1.19. The Labute approximate surface area is 170 Å². The van der Waals surface area contributed by atoms with Gasteiger partial charge in [0.25, 0.3) is 0 Å². The molecule has 2 aromatic heterocycles. The molecule has 0 fully saturated rings. The zero-order valence-electron chi connectivity index (χ0n) is 16.0. The van der Waals surface area contributed by atoms with E-state index in [1.807, 2.05) is 19.9 Å². The Morgan fingerprint density at radius 3 is 2.69 bits per heavy atom. The van der Waals surface area contributed by atoms with Crippen molar-refractivity contribution in [3.63, 3.8) is 0 Å². The highest BCUT2D eigenvalue weighted by molar-refractivity contribution is 6.32. The second kappa shape index (κ2) is 7.48. The molecular formula is C20H18ClN5O3. The van der Waals surface area contributed by atoms with Gasteiger partial charge in [-0.15, -0.1) is 0 Å². The van der Waals surface area contributed by atoms with Crippen molar-refractivity contribution < 1.29 is 9.15 Å². The van der Waals surface area contributed by atoms with Gasteiger partial charge in [-0.1, -0.05) is 11.6 Å². The molecule has 0 atom stereocenters. The Hall–Kier alpha value is -3.52. The molecule has 2 heterocycles. The number of aryl methyl sites for hydroxylation is 2. The number of H-pyrrole nitrogens is 1. The smallest absolute Gasteiger partial charge is 0.417 e. The normalized spacial score (nSPS) is 10.9. The fourth-order valence-electron chi connectivity index (χ4n) is 2.99. The SMILES string of the molecule is COc1c(C)cc(Nc2ncc(C)c(Nc3ccc4oc(=O)[nH]c4c3)n2)cc1Cl. The molecule has 3 N–H and O–H groups in total. The molecule has 148 valence electrons. The number of anilines is 4. The Bertz CT molecular complexity index is 1240. The van der Waals surface area contributed by atoms with Crippen LogP contribution in [0.4, 0.5) is 23.1 Å². The topological polar surface area (TPSA) is 105 Å². The average molecular weight is 412 g/mol. The Balaban J connectivity index is 1.61. The van der Waals surface area contributed by atoms with Gasteiger partial charge in [-0.05, 0) is 49.7 Å². The maximum atomic E-state index is 11.3. The first kappa shape index (κ1) is 18.8. The Kier molecular flexibility index (Phi) is 4.85. The van der Waals surface area contributed by atoms with Crippen molar-refractivity contribution >= 4 is 45.8 Å². The van der Waals surface area contributed by atoms with Crippen LogP contribution in [-0.2, 0) is 0 Å². The van der Waals surface area contributed by atoms with Crippen molar-refractivity contribution in [2.75, 3.05) is 17.7 Å². The molecule has 0 radical (unpaired) electrons.